The highest BCUT2D eigenvalue weighted by Gasteiger charge is 2.19. The van der Waals surface area contributed by atoms with E-state index in [0.717, 1.165) is 13.2 Å². The van der Waals surface area contributed by atoms with E-state index in [2.05, 4.69) is 57.3 Å². The Morgan fingerprint density at radius 1 is 1.11 bits per heavy atom. The highest BCUT2D eigenvalue weighted by atomic mass is 16.5. The largest absolute Gasteiger partial charge is 0.384 e. The van der Waals surface area contributed by atoms with Gasteiger partial charge >= 0.3 is 0 Å². The van der Waals surface area contributed by atoms with Crippen molar-refractivity contribution < 1.29 is 4.74 Å². The average Bonchev–Trinajstić information content (AvgIpc) is 2.31. The van der Waals surface area contributed by atoms with Crippen molar-refractivity contribution in [2.75, 3.05) is 20.3 Å². The molecule has 1 aromatic rings. The van der Waals surface area contributed by atoms with Gasteiger partial charge in [0, 0.05) is 32.2 Å². The Labute approximate surface area is 112 Å². The molecule has 2 atom stereocenters. The summed E-state index contributed by atoms with van der Waals surface area (Å²) in [6, 6.07) is 9.39. The van der Waals surface area contributed by atoms with Crippen molar-refractivity contribution in [3.63, 3.8) is 0 Å². The van der Waals surface area contributed by atoms with Gasteiger partial charge in [-0.15, -0.1) is 0 Å². The number of aryl methyl sites for hydroxylation is 1. The van der Waals surface area contributed by atoms with Crippen molar-refractivity contribution in [3.05, 3.63) is 35.4 Å². The van der Waals surface area contributed by atoms with Crippen molar-refractivity contribution in [3.8, 4) is 0 Å². The van der Waals surface area contributed by atoms with E-state index in [0.29, 0.717) is 17.9 Å². The third kappa shape index (κ3) is 4.79. The molecule has 1 rings (SSSR count). The van der Waals surface area contributed by atoms with E-state index in [1.165, 1.54) is 11.1 Å². The van der Waals surface area contributed by atoms with E-state index in [1.807, 2.05) is 0 Å². The van der Waals surface area contributed by atoms with Gasteiger partial charge in [-0.3, -0.25) is 0 Å². The highest BCUT2D eigenvalue weighted by molar-refractivity contribution is 5.25. The van der Waals surface area contributed by atoms with Gasteiger partial charge in [0.15, 0.2) is 0 Å². The summed E-state index contributed by atoms with van der Waals surface area (Å²) in [6.07, 6.45) is 0. The number of ether oxygens (including phenoxy) is 1. The number of hydrogen-bond acceptors (Lipinski definition) is 2. The number of methoxy groups -OCH3 is 1. The van der Waals surface area contributed by atoms with Crippen LogP contribution in [0.2, 0.25) is 0 Å². The van der Waals surface area contributed by atoms with Crippen molar-refractivity contribution >= 4 is 0 Å². The van der Waals surface area contributed by atoms with Gasteiger partial charge in [-0.2, -0.15) is 0 Å². The Balaban J connectivity index is 2.78. The first-order valence-corrected chi connectivity index (χ1v) is 6.83. The molecule has 2 heteroatoms. The van der Waals surface area contributed by atoms with Crippen LogP contribution in [0.3, 0.4) is 0 Å². The molecule has 0 aromatic heterocycles. The molecule has 1 aromatic carbocycles. The predicted molar refractivity (Wildman–Crippen MR) is 78.1 cm³/mol. The second-order valence-corrected chi connectivity index (χ2v) is 5.51. The maximum absolute atomic E-state index is 5.31. The zero-order valence-electron chi connectivity index (χ0n) is 12.4. The van der Waals surface area contributed by atoms with Crippen LogP contribution in [0.5, 0.6) is 0 Å². The van der Waals surface area contributed by atoms with Crippen LogP contribution >= 0.6 is 0 Å². The first-order chi connectivity index (χ1) is 8.54. The third-order valence-corrected chi connectivity index (χ3v) is 3.37. The molecular formula is C16H27NO. The molecule has 2 unspecified atom stereocenters. The fraction of sp³-hybridized carbons (Fsp3) is 0.625. The average molecular weight is 249 g/mol. The molecule has 0 aliphatic rings. The van der Waals surface area contributed by atoms with Gasteiger partial charge < -0.3 is 10.1 Å². The third-order valence-electron chi connectivity index (χ3n) is 3.37. The van der Waals surface area contributed by atoms with E-state index in [-0.39, 0.29) is 0 Å². The molecule has 0 saturated carbocycles. The minimum atomic E-state index is 0.507. The Bertz CT molecular complexity index is 331. The molecule has 0 amide bonds. The van der Waals surface area contributed by atoms with Gasteiger partial charge in [-0.25, -0.2) is 0 Å². The summed E-state index contributed by atoms with van der Waals surface area (Å²) in [4.78, 5) is 0. The van der Waals surface area contributed by atoms with Crippen molar-refractivity contribution in [1.29, 1.82) is 0 Å². The Kier molecular flexibility index (Phi) is 6.37. The quantitative estimate of drug-likeness (QED) is 0.800. The zero-order valence-corrected chi connectivity index (χ0v) is 12.4. The summed E-state index contributed by atoms with van der Waals surface area (Å²) in [5.41, 5.74) is 2.71. The lowest BCUT2D eigenvalue weighted by molar-refractivity contribution is 0.145. The minimum absolute atomic E-state index is 0.507. The summed E-state index contributed by atoms with van der Waals surface area (Å²) < 4.78 is 5.31. The molecule has 0 bridgehead atoms. The summed E-state index contributed by atoms with van der Waals surface area (Å²) in [7, 11) is 1.78. The van der Waals surface area contributed by atoms with E-state index >= 15 is 0 Å². The maximum atomic E-state index is 5.31. The van der Waals surface area contributed by atoms with E-state index in [1.54, 1.807) is 7.11 Å². The molecule has 0 radical (unpaired) electrons. The Hall–Kier alpha value is -0.860. The highest BCUT2D eigenvalue weighted by Crippen LogP contribution is 2.24. The summed E-state index contributed by atoms with van der Waals surface area (Å²) in [5.74, 6) is 1.02. The topological polar surface area (TPSA) is 21.3 Å². The normalized spacial score (nSPS) is 14.8. The van der Waals surface area contributed by atoms with Crippen LogP contribution in [0.15, 0.2) is 24.3 Å². The molecule has 1 N–H and O–H groups in total. The van der Waals surface area contributed by atoms with Gasteiger partial charge in [0.05, 0.1) is 0 Å². The van der Waals surface area contributed by atoms with Gasteiger partial charge in [0.2, 0.25) is 0 Å². The Morgan fingerprint density at radius 3 is 2.22 bits per heavy atom. The second kappa shape index (κ2) is 7.55. The van der Waals surface area contributed by atoms with E-state index in [4.69, 9.17) is 4.74 Å². The number of hydrogen-bond donors (Lipinski definition) is 1. The molecule has 0 heterocycles. The lowest BCUT2D eigenvalue weighted by Crippen LogP contribution is -2.31. The van der Waals surface area contributed by atoms with Crippen LogP contribution in [0.1, 0.15) is 37.8 Å². The van der Waals surface area contributed by atoms with Crippen LogP contribution < -0.4 is 5.32 Å². The fourth-order valence-electron chi connectivity index (χ4n) is 2.20. The van der Waals surface area contributed by atoms with Gasteiger partial charge in [-0.05, 0) is 18.4 Å². The number of nitrogens with one attached hydrogen (secondary N) is 1. The van der Waals surface area contributed by atoms with Crippen molar-refractivity contribution in [2.45, 2.75) is 39.7 Å². The van der Waals surface area contributed by atoms with Gasteiger partial charge in [-0.1, -0.05) is 50.6 Å². The molecule has 0 saturated heterocycles. The SMILES string of the molecule is COCC(C)C(CNC(C)C)c1ccc(C)cc1. The number of benzene rings is 1. The first kappa shape index (κ1) is 15.2. The van der Waals surface area contributed by atoms with Crippen LogP contribution in [0, 0.1) is 12.8 Å². The predicted octanol–water partition coefficient (Wildman–Crippen LogP) is 3.36. The molecule has 0 aliphatic carbocycles. The lowest BCUT2D eigenvalue weighted by Gasteiger charge is -2.25. The fourth-order valence-corrected chi connectivity index (χ4v) is 2.20. The monoisotopic (exact) mass is 249 g/mol. The summed E-state index contributed by atoms with van der Waals surface area (Å²) >= 11 is 0. The molecular weight excluding hydrogens is 222 g/mol. The van der Waals surface area contributed by atoms with Crippen LogP contribution in [-0.4, -0.2) is 26.3 Å². The number of rotatable bonds is 7. The maximum Gasteiger partial charge on any atom is 0.0494 e. The minimum Gasteiger partial charge on any atom is -0.384 e. The van der Waals surface area contributed by atoms with Gasteiger partial charge in [0.1, 0.15) is 0 Å². The zero-order chi connectivity index (χ0) is 13.5. The molecule has 0 fully saturated rings. The Morgan fingerprint density at radius 2 is 1.72 bits per heavy atom. The molecule has 0 spiro atoms. The van der Waals surface area contributed by atoms with Crippen LogP contribution in [-0.2, 0) is 4.74 Å². The van der Waals surface area contributed by atoms with Gasteiger partial charge in [0.25, 0.3) is 0 Å². The lowest BCUT2D eigenvalue weighted by atomic mass is 9.87. The second-order valence-electron chi connectivity index (χ2n) is 5.51. The summed E-state index contributed by atoms with van der Waals surface area (Å²) in [5, 5.41) is 3.54. The molecule has 2 nitrogen and oxygen atoms in total. The van der Waals surface area contributed by atoms with Crippen molar-refractivity contribution in [1.82, 2.24) is 5.32 Å². The van der Waals surface area contributed by atoms with Crippen molar-refractivity contribution in [2.24, 2.45) is 5.92 Å². The summed E-state index contributed by atoms with van der Waals surface area (Å²) in [6.45, 7) is 10.6. The van der Waals surface area contributed by atoms with Crippen LogP contribution in [0.4, 0.5) is 0 Å². The van der Waals surface area contributed by atoms with E-state index < -0.39 is 0 Å². The first-order valence-electron chi connectivity index (χ1n) is 6.83. The molecule has 18 heavy (non-hydrogen) atoms. The molecule has 0 aliphatic heterocycles. The van der Waals surface area contributed by atoms with E-state index in [9.17, 15) is 0 Å². The standard InChI is InChI=1S/C16H27NO/c1-12(2)17-10-16(14(4)11-18-5)15-8-6-13(3)7-9-15/h6-9,12,14,16-17H,10-11H2,1-5H3. The smallest absolute Gasteiger partial charge is 0.0494 e. The molecule has 102 valence electrons. The van der Waals surface area contributed by atoms with Crippen LogP contribution in [0.25, 0.3) is 0 Å².